The van der Waals surface area contributed by atoms with Crippen molar-refractivity contribution in [1.82, 2.24) is 9.97 Å². The van der Waals surface area contributed by atoms with E-state index in [9.17, 15) is 0 Å². The predicted octanol–water partition coefficient (Wildman–Crippen LogP) is 1.67. The van der Waals surface area contributed by atoms with Crippen LogP contribution in [-0.2, 0) is 0 Å². The molecule has 0 bridgehead atoms. The summed E-state index contributed by atoms with van der Waals surface area (Å²) in [7, 11) is 0. The fraction of sp³-hybridized carbons (Fsp3) is 0.545. The van der Waals surface area contributed by atoms with Crippen molar-refractivity contribution in [3.8, 4) is 0 Å². The van der Waals surface area contributed by atoms with Crippen molar-refractivity contribution >= 4 is 23.4 Å². The van der Waals surface area contributed by atoms with E-state index in [-0.39, 0.29) is 11.3 Å². The van der Waals surface area contributed by atoms with Crippen LogP contribution in [0.2, 0.25) is 5.02 Å². The van der Waals surface area contributed by atoms with Gasteiger partial charge >= 0.3 is 0 Å². The number of halogens is 1. The van der Waals surface area contributed by atoms with Crippen LogP contribution in [0, 0.1) is 10.8 Å². The van der Waals surface area contributed by atoms with Crippen LogP contribution in [0.15, 0.2) is 12.4 Å². The summed E-state index contributed by atoms with van der Waals surface area (Å²) in [6, 6.07) is 0. The summed E-state index contributed by atoms with van der Waals surface area (Å²) in [6.45, 7) is 3.67. The Bertz CT molecular complexity index is 408. The Labute approximate surface area is 106 Å². The first-order valence-corrected chi connectivity index (χ1v) is 5.96. The molecular weight excluding hydrogens is 238 g/mol. The monoisotopic (exact) mass is 253 g/mol. The number of nitrogens with zero attached hydrogens (tertiary/aromatic N) is 3. The minimum Gasteiger partial charge on any atom is -0.387 e. The zero-order chi connectivity index (χ0) is 12.5. The number of anilines is 1. The quantitative estimate of drug-likeness (QED) is 0.621. The fourth-order valence-electron chi connectivity index (χ4n) is 1.94. The van der Waals surface area contributed by atoms with Crippen LogP contribution >= 0.6 is 11.6 Å². The Kier molecular flexibility index (Phi) is 3.19. The minimum atomic E-state index is -0.178. The molecule has 1 aliphatic heterocycles. The highest BCUT2D eigenvalue weighted by molar-refractivity contribution is 6.30. The largest absolute Gasteiger partial charge is 0.387 e. The lowest BCUT2D eigenvalue weighted by atomic mass is 9.79. The molecule has 92 valence electrons. The molecule has 0 saturated carbocycles. The van der Waals surface area contributed by atoms with Gasteiger partial charge in [-0.1, -0.05) is 18.5 Å². The standard InChI is InChI=1S/C11H16ClN5/c1-11(9(13)14)2-4-17(5-3-11)10-15-6-8(12)7-16-10/h6-7H,2-5H2,1H3,(H3,13,14). The zero-order valence-electron chi connectivity index (χ0n) is 9.78. The van der Waals surface area contributed by atoms with Crippen LogP contribution in [0.3, 0.4) is 0 Å². The molecule has 3 N–H and O–H groups in total. The first-order chi connectivity index (χ1) is 8.01. The summed E-state index contributed by atoms with van der Waals surface area (Å²) in [4.78, 5) is 10.5. The summed E-state index contributed by atoms with van der Waals surface area (Å²) >= 11 is 5.75. The summed E-state index contributed by atoms with van der Waals surface area (Å²) in [5, 5.41) is 8.14. The Morgan fingerprint density at radius 2 is 1.94 bits per heavy atom. The highest BCUT2D eigenvalue weighted by atomic mass is 35.5. The van der Waals surface area contributed by atoms with Crippen LogP contribution in [0.25, 0.3) is 0 Å². The number of amidine groups is 1. The maximum Gasteiger partial charge on any atom is 0.225 e. The Balaban J connectivity index is 2.04. The number of nitrogens with two attached hydrogens (primary N) is 1. The first-order valence-electron chi connectivity index (χ1n) is 5.58. The minimum absolute atomic E-state index is 0.178. The van der Waals surface area contributed by atoms with Gasteiger partial charge in [0.1, 0.15) is 0 Å². The summed E-state index contributed by atoms with van der Waals surface area (Å²) in [5.41, 5.74) is 5.44. The second-order valence-electron chi connectivity index (χ2n) is 4.66. The predicted molar refractivity (Wildman–Crippen MR) is 68.5 cm³/mol. The van der Waals surface area contributed by atoms with Crippen molar-refractivity contribution in [2.45, 2.75) is 19.8 Å². The van der Waals surface area contributed by atoms with E-state index in [0.717, 1.165) is 25.9 Å². The van der Waals surface area contributed by atoms with Gasteiger partial charge in [0.05, 0.1) is 23.3 Å². The summed E-state index contributed by atoms with van der Waals surface area (Å²) in [5.74, 6) is 0.967. The molecule has 0 aromatic carbocycles. The molecule has 5 nitrogen and oxygen atoms in total. The van der Waals surface area contributed by atoms with Crippen molar-refractivity contribution in [3.63, 3.8) is 0 Å². The zero-order valence-corrected chi connectivity index (χ0v) is 10.5. The summed E-state index contributed by atoms with van der Waals surface area (Å²) < 4.78 is 0. The third-order valence-electron chi connectivity index (χ3n) is 3.41. The maximum absolute atomic E-state index is 7.59. The number of hydrogen-bond donors (Lipinski definition) is 2. The number of piperidine rings is 1. The molecular formula is C11H16ClN5. The van der Waals surface area contributed by atoms with Gasteiger partial charge in [-0.3, -0.25) is 5.41 Å². The van der Waals surface area contributed by atoms with Crippen LogP contribution in [-0.4, -0.2) is 28.9 Å². The van der Waals surface area contributed by atoms with E-state index in [4.69, 9.17) is 22.7 Å². The Morgan fingerprint density at radius 1 is 1.41 bits per heavy atom. The molecule has 0 amide bonds. The average molecular weight is 254 g/mol. The van der Waals surface area contributed by atoms with Crippen molar-refractivity contribution in [1.29, 1.82) is 5.41 Å². The van der Waals surface area contributed by atoms with E-state index < -0.39 is 0 Å². The van der Waals surface area contributed by atoms with Gasteiger partial charge in [0.15, 0.2) is 0 Å². The van der Waals surface area contributed by atoms with Crippen molar-refractivity contribution in [3.05, 3.63) is 17.4 Å². The summed E-state index contributed by atoms with van der Waals surface area (Å²) in [6.07, 6.45) is 4.91. The molecule has 2 heterocycles. The van der Waals surface area contributed by atoms with E-state index in [2.05, 4.69) is 14.9 Å². The van der Waals surface area contributed by atoms with Gasteiger partial charge < -0.3 is 10.6 Å². The molecule has 1 saturated heterocycles. The first kappa shape index (κ1) is 12.1. The van der Waals surface area contributed by atoms with Gasteiger partial charge in [-0.2, -0.15) is 0 Å². The van der Waals surface area contributed by atoms with Gasteiger partial charge in [-0.05, 0) is 12.8 Å². The van der Waals surface area contributed by atoms with E-state index in [1.54, 1.807) is 12.4 Å². The molecule has 17 heavy (non-hydrogen) atoms. The Morgan fingerprint density at radius 3 is 2.41 bits per heavy atom. The van der Waals surface area contributed by atoms with E-state index in [1.165, 1.54) is 0 Å². The van der Waals surface area contributed by atoms with Gasteiger partial charge in [-0.15, -0.1) is 0 Å². The third kappa shape index (κ3) is 2.49. The van der Waals surface area contributed by atoms with Gasteiger partial charge in [0.2, 0.25) is 5.95 Å². The molecule has 0 unspecified atom stereocenters. The lowest BCUT2D eigenvalue weighted by molar-refractivity contribution is 0.348. The van der Waals surface area contributed by atoms with Gasteiger partial charge in [0.25, 0.3) is 0 Å². The number of nitrogens with one attached hydrogen (secondary N) is 1. The maximum atomic E-state index is 7.59. The smallest absolute Gasteiger partial charge is 0.225 e. The lowest BCUT2D eigenvalue weighted by Gasteiger charge is -2.38. The second-order valence-corrected chi connectivity index (χ2v) is 5.10. The molecule has 1 aromatic heterocycles. The topological polar surface area (TPSA) is 78.9 Å². The highest BCUT2D eigenvalue weighted by Gasteiger charge is 2.33. The van der Waals surface area contributed by atoms with Crippen molar-refractivity contribution < 1.29 is 0 Å². The van der Waals surface area contributed by atoms with Crippen LogP contribution in [0.5, 0.6) is 0 Å². The van der Waals surface area contributed by atoms with Crippen molar-refractivity contribution in [2.24, 2.45) is 11.1 Å². The van der Waals surface area contributed by atoms with Gasteiger partial charge in [0, 0.05) is 18.5 Å². The van der Waals surface area contributed by atoms with Crippen LogP contribution in [0.4, 0.5) is 5.95 Å². The van der Waals surface area contributed by atoms with E-state index in [0.29, 0.717) is 11.0 Å². The molecule has 1 aromatic rings. The molecule has 2 rings (SSSR count). The van der Waals surface area contributed by atoms with E-state index in [1.807, 2.05) is 6.92 Å². The average Bonchev–Trinajstić information content (AvgIpc) is 2.31. The van der Waals surface area contributed by atoms with Crippen LogP contribution < -0.4 is 10.6 Å². The third-order valence-corrected chi connectivity index (χ3v) is 3.60. The second kappa shape index (κ2) is 4.49. The van der Waals surface area contributed by atoms with E-state index >= 15 is 0 Å². The SMILES string of the molecule is CC1(C(=N)N)CCN(c2ncc(Cl)cn2)CC1. The Hall–Kier alpha value is -1.36. The molecule has 0 atom stereocenters. The molecule has 0 aliphatic carbocycles. The number of hydrogen-bond acceptors (Lipinski definition) is 4. The molecule has 1 aliphatic rings. The molecule has 0 spiro atoms. The van der Waals surface area contributed by atoms with Crippen molar-refractivity contribution in [2.75, 3.05) is 18.0 Å². The van der Waals surface area contributed by atoms with Gasteiger partial charge in [-0.25, -0.2) is 9.97 Å². The van der Waals surface area contributed by atoms with Crippen LogP contribution in [0.1, 0.15) is 19.8 Å². The lowest BCUT2D eigenvalue weighted by Crippen LogP contribution is -2.45. The molecule has 6 heteroatoms. The number of aromatic nitrogens is 2. The normalized spacial score (nSPS) is 19.1. The number of rotatable bonds is 2. The highest BCUT2D eigenvalue weighted by Crippen LogP contribution is 2.31. The molecule has 0 radical (unpaired) electrons. The molecule has 1 fully saturated rings. The fourth-order valence-corrected chi connectivity index (χ4v) is 2.04.